The van der Waals surface area contributed by atoms with Crippen LogP contribution in [-0.2, 0) is 0 Å². The average molecular weight is 346 g/mol. The molecule has 5 heteroatoms. The summed E-state index contributed by atoms with van der Waals surface area (Å²) in [6, 6.07) is 9.13. The number of hydrogen-bond acceptors (Lipinski definition) is 2. The lowest BCUT2D eigenvalue weighted by Gasteiger charge is -2.11. The van der Waals surface area contributed by atoms with Crippen molar-refractivity contribution >= 4 is 27.5 Å². The number of ether oxygens (including phenoxy) is 1. The molecule has 0 aliphatic heterocycles. The van der Waals surface area contributed by atoms with Crippen LogP contribution in [0.1, 0.15) is 18.6 Å². The van der Waals surface area contributed by atoms with Crippen LogP contribution in [0.5, 0.6) is 11.5 Å². The standard InChI is InChI=1S/C14H11BrClFO2/c1-8(18)11-4-3-10(7-12(11)15)19-14-5-2-9(17)6-13(14)16/h2-8,18H,1H3. The van der Waals surface area contributed by atoms with Crippen molar-refractivity contribution in [3.05, 3.63) is 57.3 Å². The van der Waals surface area contributed by atoms with Crippen molar-refractivity contribution in [2.24, 2.45) is 0 Å². The molecule has 0 radical (unpaired) electrons. The van der Waals surface area contributed by atoms with E-state index in [0.717, 1.165) is 10.0 Å². The minimum atomic E-state index is -0.571. The molecule has 1 atom stereocenters. The number of aliphatic hydroxyl groups excluding tert-OH is 1. The van der Waals surface area contributed by atoms with E-state index < -0.39 is 11.9 Å². The van der Waals surface area contributed by atoms with Gasteiger partial charge in [-0.15, -0.1) is 0 Å². The molecule has 0 saturated carbocycles. The normalized spacial score (nSPS) is 12.3. The van der Waals surface area contributed by atoms with Crippen LogP contribution in [0.15, 0.2) is 40.9 Å². The molecule has 100 valence electrons. The molecule has 2 aromatic carbocycles. The lowest BCUT2D eigenvalue weighted by atomic mass is 10.1. The summed E-state index contributed by atoms with van der Waals surface area (Å²) < 4.78 is 19.2. The first-order valence-corrected chi connectivity index (χ1v) is 6.75. The van der Waals surface area contributed by atoms with Gasteiger partial charge < -0.3 is 9.84 Å². The van der Waals surface area contributed by atoms with Crippen molar-refractivity contribution in [3.8, 4) is 11.5 Å². The third-order valence-electron chi connectivity index (χ3n) is 2.54. The van der Waals surface area contributed by atoms with Gasteiger partial charge in [-0.25, -0.2) is 4.39 Å². The lowest BCUT2D eigenvalue weighted by Crippen LogP contribution is -1.93. The molecule has 0 fully saturated rings. The van der Waals surface area contributed by atoms with Gasteiger partial charge in [0.1, 0.15) is 17.3 Å². The molecule has 0 bridgehead atoms. The minimum Gasteiger partial charge on any atom is -0.456 e. The fraction of sp³-hybridized carbons (Fsp3) is 0.143. The largest absolute Gasteiger partial charge is 0.456 e. The van der Waals surface area contributed by atoms with E-state index in [1.165, 1.54) is 18.2 Å². The Bertz CT molecular complexity index is 602. The van der Waals surface area contributed by atoms with Crippen LogP contribution < -0.4 is 4.74 Å². The van der Waals surface area contributed by atoms with Crippen LogP contribution in [0, 0.1) is 5.82 Å². The third kappa shape index (κ3) is 3.47. The minimum absolute atomic E-state index is 0.204. The molecular formula is C14H11BrClFO2. The number of hydrogen-bond donors (Lipinski definition) is 1. The molecule has 19 heavy (non-hydrogen) atoms. The molecule has 0 heterocycles. The number of rotatable bonds is 3. The second-order valence-corrected chi connectivity index (χ2v) is 5.30. The quantitative estimate of drug-likeness (QED) is 0.840. The van der Waals surface area contributed by atoms with Gasteiger partial charge in [-0.1, -0.05) is 33.6 Å². The first kappa shape index (κ1) is 14.3. The second-order valence-electron chi connectivity index (χ2n) is 4.04. The van der Waals surface area contributed by atoms with E-state index in [1.807, 2.05) is 0 Å². The van der Waals surface area contributed by atoms with Crippen molar-refractivity contribution in [1.82, 2.24) is 0 Å². The highest BCUT2D eigenvalue weighted by Crippen LogP contribution is 2.33. The summed E-state index contributed by atoms with van der Waals surface area (Å²) in [7, 11) is 0. The van der Waals surface area contributed by atoms with Crippen LogP contribution in [0.4, 0.5) is 4.39 Å². The fourth-order valence-corrected chi connectivity index (χ4v) is 2.49. The molecule has 1 N–H and O–H groups in total. The Morgan fingerprint density at radius 2 is 2.00 bits per heavy atom. The van der Waals surface area contributed by atoms with Crippen molar-refractivity contribution in [2.75, 3.05) is 0 Å². The average Bonchev–Trinajstić information content (AvgIpc) is 2.32. The molecule has 0 amide bonds. The van der Waals surface area contributed by atoms with Crippen molar-refractivity contribution < 1.29 is 14.2 Å². The fourth-order valence-electron chi connectivity index (χ4n) is 1.60. The van der Waals surface area contributed by atoms with Crippen LogP contribution in [0.3, 0.4) is 0 Å². The Morgan fingerprint density at radius 3 is 2.58 bits per heavy atom. The van der Waals surface area contributed by atoms with Gasteiger partial charge in [0.2, 0.25) is 0 Å². The molecule has 0 aliphatic rings. The predicted octanol–water partition coefficient (Wildman–Crippen LogP) is 5.09. The van der Waals surface area contributed by atoms with Crippen LogP contribution in [0.2, 0.25) is 5.02 Å². The van der Waals surface area contributed by atoms with Crippen LogP contribution >= 0.6 is 27.5 Å². The van der Waals surface area contributed by atoms with Gasteiger partial charge in [-0.05, 0) is 42.8 Å². The highest BCUT2D eigenvalue weighted by atomic mass is 79.9. The van der Waals surface area contributed by atoms with Gasteiger partial charge in [0.25, 0.3) is 0 Å². The maximum absolute atomic E-state index is 12.9. The third-order valence-corrected chi connectivity index (χ3v) is 3.53. The summed E-state index contributed by atoms with van der Waals surface area (Å²) in [5.41, 5.74) is 0.762. The Labute approximate surface area is 123 Å². The van der Waals surface area contributed by atoms with E-state index in [-0.39, 0.29) is 5.02 Å². The summed E-state index contributed by atoms with van der Waals surface area (Å²) in [6.45, 7) is 1.68. The predicted molar refractivity (Wildman–Crippen MR) is 76.3 cm³/mol. The zero-order valence-corrected chi connectivity index (χ0v) is 12.4. The highest BCUT2D eigenvalue weighted by molar-refractivity contribution is 9.10. The topological polar surface area (TPSA) is 29.5 Å². The monoisotopic (exact) mass is 344 g/mol. The van der Waals surface area contributed by atoms with Gasteiger partial charge in [0.05, 0.1) is 11.1 Å². The zero-order valence-electron chi connectivity index (χ0n) is 10.0. The molecule has 1 unspecified atom stereocenters. The van der Waals surface area contributed by atoms with Gasteiger partial charge in [-0.2, -0.15) is 0 Å². The van der Waals surface area contributed by atoms with Crippen LogP contribution in [-0.4, -0.2) is 5.11 Å². The molecule has 2 aromatic rings. The molecule has 0 aliphatic carbocycles. The van der Waals surface area contributed by atoms with Gasteiger partial charge in [0.15, 0.2) is 0 Å². The molecular weight excluding hydrogens is 335 g/mol. The summed E-state index contributed by atoms with van der Waals surface area (Å²) in [5.74, 6) is 0.507. The van der Waals surface area contributed by atoms with E-state index in [0.29, 0.717) is 11.5 Å². The van der Waals surface area contributed by atoms with Gasteiger partial charge in [0, 0.05) is 4.47 Å². The molecule has 0 saturated heterocycles. The molecule has 0 aromatic heterocycles. The number of benzene rings is 2. The van der Waals surface area contributed by atoms with Gasteiger partial charge >= 0.3 is 0 Å². The van der Waals surface area contributed by atoms with E-state index in [1.54, 1.807) is 25.1 Å². The van der Waals surface area contributed by atoms with Gasteiger partial charge in [-0.3, -0.25) is 0 Å². The Kier molecular flexibility index (Phi) is 4.45. The second kappa shape index (κ2) is 5.90. The molecule has 2 rings (SSSR count). The molecule has 0 spiro atoms. The maximum atomic E-state index is 12.9. The van der Waals surface area contributed by atoms with E-state index in [4.69, 9.17) is 16.3 Å². The first-order chi connectivity index (χ1) is 8.97. The number of halogens is 3. The smallest absolute Gasteiger partial charge is 0.146 e. The Hall–Kier alpha value is -1.10. The number of aliphatic hydroxyl groups is 1. The summed E-state index contributed by atoms with van der Waals surface area (Å²) in [6.07, 6.45) is -0.571. The van der Waals surface area contributed by atoms with E-state index in [9.17, 15) is 9.50 Å². The van der Waals surface area contributed by atoms with E-state index >= 15 is 0 Å². The summed E-state index contributed by atoms with van der Waals surface area (Å²) >= 11 is 9.24. The maximum Gasteiger partial charge on any atom is 0.146 e. The zero-order chi connectivity index (χ0) is 14.0. The SMILES string of the molecule is CC(O)c1ccc(Oc2ccc(F)cc2Cl)cc1Br. The Balaban J connectivity index is 2.26. The van der Waals surface area contributed by atoms with Crippen molar-refractivity contribution in [2.45, 2.75) is 13.0 Å². The van der Waals surface area contributed by atoms with E-state index in [2.05, 4.69) is 15.9 Å². The summed E-state index contributed by atoms with van der Waals surface area (Å²) in [4.78, 5) is 0. The Morgan fingerprint density at radius 1 is 1.26 bits per heavy atom. The van der Waals surface area contributed by atoms with Crippen molar-refractivity contribution in [1.29, 1.82) is 0 Å². The summed E-state index contributed by atoms with van der Waals surface area (Å²) in [5, 5.41) is 9.73. The van der Waals surface area contributed by atoms with Crippen molar-refractivity contribution in [3.63, 3.8) is 0 Å². The first-order valence-electron chi connectivity index (χ1n) is 5.58. The lowest BCUT2D eigenvalue weighted by molar-refractivity contribution is 0.198. The van der Waals surface area contributed by atoms with Crippen LogP contribution in [0.25, 0.3) is 0 Å². The highest BCUT2D eigenvalue weighted by Gasteiger charge is 2.09. The molecule has 2 nitrogen and oxygen atoms in total.